The predicted octanol–water partition coefficient (Wildman–Crippen LogP) is 3.05. The van der Waals surface area contributed by atoms with E-state index in [2.05, 4.69) is 34.0 Å². The van der Waals surface area contributed by atoms with Gasteiger partial charge in [0.05, 0.1) is 17.9 Å². The molecule has 2 aromatic heterocycles. The van der Waals surface area contributed by atoms with Gasteiger partial charge in [0.1, 0.15) is 17.1 Å². The lowest BCUT2D eigenvalue weighted by molar-refractivity contribution is 0.124. The van der Waals surface area contributed by atoms with Gasteiger partial charge < -0.3 is 25.3 Å². The maximum atomic E-state index is 13.1. The molecule has 4 heterocycles. The number of aryl methyl sites for hydroxylation is 2. The van der Waals surface area contributed by atoms with Gasteiger partial charge in [0.25, 0.3) is 5.56 Å². The summed E-state index contributed by atoms with van der Waals surface area (Å²) in [5, 5.41) is 4.54. The van der Waals surface area contributed by atoms with Crippen molar-refractivity contribution < 1.29 is 9.53 Å². The third-order valence-electron chi connectivity index (χ3n) is 7.54. The summed E-state index contributed by atoms with van der Waals surface area (Å²) in [6.45, 7) is 7.72. The molecule has 1 spiro atoms. The van der Waals surface area contributed by atoms with Gasteiger partial charge in [0.15, 0.2) is 5.52 Å². The fourth-order valence-electron chi connectivity index (χ4n) is 5.85. The number of ether oxygens (including phenoxy) is 1. The molecule has 3 N–H and O–H groups in total. The van der Waals surface area contributed by atoms with Gasteiger partial charge in [-0.3, -0.25) is 9.48 Å². The first kappa shape index (κ1) is 24.1. The van der Waals surface area contributed by atoms with Crippen LogP contribution in [-0.2, 0) is 13.5 Å². The highest BCUT2D eigenvalue weighted by Crippen LogP contribution is 2.42. The molecule has 1 atom stereocenters. The number of nitrogens with one attached hydrogen (secondary N) is 1. The van der Waals surface area contributed by atoms with E-state index in [9.17, 15) is 9.59 Å². The molecule has 2 aliphatic rings. The minimum Gasteiger partial charge on any atom is -0.493 e. The van der Waals surface area contributed by atoms with Gasteiger partial charge in [0.2, 0.25) is 0 Å². The van der Waals surface area contributed by atoms with Crippen LogP contribution < -0.4 is 20.9 Å². The average Bonchev–Trinajstić information content (AvgIpc) is 3.40. The summed E-state index contributed by atoms with van der Waals surface area (Å²) in [5.41, 5.74) is 9.18. The molecule has 0 aliphatic carbocycles. The van der Waals surface area contributed by atoms with E-state index in [1.54, 1.807) is 16.6 Å². The average molecular weight is 494 g/mol. The highest BCUT2D eigenvalue weighted by molar-refractivity contribution is 5.80. The Morgan fingerprint density at radius 3 is 2.81 bits per heavy atom. The van der Waals surface area contributed by atoms with Gasteiger partial charge in [-0.1, -0.05) is 13.3 Å². The number of hydrogen-bond donors (Lipinski definition) is 2. The molecule has 0 bridgehead atoms. The van der Waals surface area contributed by atoms with E-state index in [-0.39, 0.29) is 17.0 Å². The molecule has 2 saturated heterocycles. The summed E-state index contributed by atoms with van der Waals surface area (Å²) >= 11 is 0. The minimum absolute atomic E-state index is 0.0578. The van der Waals surface area contributed by atoms with E-state index in [4.69, 9.17) is 15.5 Å². The van der Waals surface area contributed by atoms with Crippen molar-refractivity contribution in [2.24, 2.45) is 18.2 Å². The molecule has 1 unspecified atom stereocenters. The summed E-state index contributed by atoms with van der Waals surface area (Å²) in [7, 11) is 1.78. The number of nitrogens with two attached hydrogens (primary N) is 1. The molecule has 3 aromatic rings. The first-order chi connectivity index (χ1) is 17.3. The number of amides is 2. The number of H-pyrrole nitrogens is 1. The highest BCUT2D eigenvalue weighted by atomic mass is 16.5. The van der Waals surface area contributed by atoms with E-state index in [0.717, 1.165) is 68.7 Å². The van der Waals surface area contributed by atoms with Gasteiger partial charge in [-0.2, -0.15) is 5.10 Å². The Hall–Kier alpha value is -3.56. The number of primary amides is 1. The first-order valence-electron chi connectivity index (χ1n) is 12.9. The number of rotatable bonds is 6. The summed E-state index contributed by atoms with van der Waals surface area (Å²) in [6, 6.07) is 5.74. The van der Waals surface area contributed by atoms with Crippen molar-refractivity contribution in [1.29, 1.82) is 0 Å². The summed E-state index contributed by atoms with van der Waals surface area (Å²) in [5.74, 6) is 1.16. The van der Waals surface area contributed by atoms with Crippen LogP contribution in [0.3, 0.4) is 0 Å². The minimum atomic E-state index is -0.334. The SMILES string of the molecule is CCCc1nn(C)c2c(=O)[nH]c(-c3cc(N4CCC5(CCCN(C(N)=O)C5)C4)ccc3OCC)nc12. The lowest BCUT2D eigenvalue weighted by atomic mass is 9.79. The lowest BCUT2D eigenvalue weighted by Crippen LogP contribution is -2.49. The Labute approximate surface area is 210 Å². The van der Waals surface area contributed by atoms with Crippen LogP contribution in [0.5, 0.6) is 5.75 Å². The van der Waals surface area contributed by atoms with Crippen molar-refractivity contribution >= 4 is 22.8 Å². The Morgan fingerprint density at radius 2 is 2.06 bits per heavy atom. The highest BCUT2D eigenvalue weighted by Gasteiger charge is 2.42. The Morgan fingerprint density at radius 1 is 1.22 bits per heavy atom. The van der Waals surface area contributed by atoms with Crippen molar-refractivity contribution in [2.75, 3.05) is 37.7 Å². The predicted molar refractivity (Wildman–Crippen MR) is 139 cm³/mol. The number of aromatic nitrogens is 4. The van der Waals surface area contributed by atoms with Crippen LogP contribution >= 0.6 is 0 Å². The number of anilines is 1. The second-order valence-corrected chi connectivity index (χ2v) is 10.1. The number of likely N-dealkylation sites (tertiary alicyclic amines) is 1. The van der Waals surface area contributed by atoms with E-state index >= 15 is 0 Å². The van der Waals surface area contributed by atoms with Crippen LogP contribution in [0.2, 0.25) is 0 Å². The molecule has 2 amide bonds. The molecule has 5 rings (SSSR count). The number of benzene rings is 1. The molecular formula is C26H35N7O3. The van der Waals surface area contributed by atoms with Gasteiger partial charge in [0, 0.05) is 44.3 Å². The van der Waals surface area contributed by atoms with Crippen molar-refractivity contribution in [3.8, 4) is 17.1 Å². The number of hydrogen-bond acceptors (Lipinski definition) is 6. The molecule has 192 valence electrons. The molecule has 0 saturated carbocycles. The van der Waals surface area contributed by atoms with Gasteiger partial charge in [-0.15, -0.1) is 0 Å². The van der Waals surface area contributed by atoms with Crippen LogP contribution in [-0.4, -0.2) is 63.5 Å². The monoisotopic (exact) mass is 493 g/mol. The molecule has 2 aliphatic heterocycles. The van der Waals surface area contributed by atoms with E-state index in [0.29, 0.717) is 35.8 Å². The molecular weight excluding hydrogens is 458 g/mol. The second-order valence-electron chi connectivity index (χ2n) is 10.1. The molecule has 36 heavy (non-hydrogen) atoms. The number of fused-ring (bicyclic) bond motifs is 1. The standard InChI is InChI=1S/C26H35N7O3/c1-4-7-19-21-22(31(3)30-19)24(34)29-23(28-21)18-14-17(8-9-20(18)36-5-2)32-13-11-26(15-32)10-6-12-33(16-26)25(27)35/h8-9,14H,4-7,10-13,15-16H2,1-3H3,(H2,27,35)(H,28,29,34). The number of nitrogens with zero attached hydrogens (tertiary/aromatic N) is 5. The van der Waals surface area contributed by atoms with Gasteiger partial charge >= 0.3 is 6.03 Å². The summed E-state index contributed by atoms with van der Waals surface area (Å²) < 4.78 is 7.54. The number of aromatic amines is 1. The second kappa shape index (κ2) is 9.48. The number of piperidine rings is 1. The zero-order valence-corrected chi connectivity index (χ0v) is 21.3. The van der Waals surface area contributed by atoms with Crippen LogP contribution in [0.25, 0.3) is 22.4 Å². The van der Waals surface area contributed by atoms with Crippen LogP contribution in [0.1, 0.15) is 45.2 Å². The van der Waals surface area contributed by atoms with Crippen molar-refractivity contribution in [3.63, 3.8) is 0 Å². The Bertz CT molecular complexity index is 1350. The third-order valence-corrected chi connectivity index (χ3v) is 7.54. The lowest BCUT2D eigenvalue weighted by Gasteiger charge is -2.39. The Balaban J connectivity index is 1.52. The summed E-state index contributed by atoms with van der Waals surface area (Å²) in [4.78, 5) is 36.9. The largest absolute Gasteiger partial charge is 0.493 e. The van der Waals surface area contributed by atoms with E-state index in [1.165, 1.54) is 0 Å². The van der Waals surface area contributed by atoms with E-state index < -0.39 is 0 Å². The third kappa shape index (κ3) is 4.29. The number of urea groups is 1. The topological polar surface area (TPSA) is 122 Å². The normalized spacial score (nSPS) is 20.0. The van der Waals surface area contributed by atoms with Crippen molar-refractivity contribution in [2.45, 2.75) is 46.0 Å². The van der Waals surface area contributed by atoms with Crippen LogP contribution in [0, 0.1) is 5.41 Å². The summed E-state index contributed by atoms with van der Waals surface area (Å²) in [6.07, 6.45) is 4.74. The van der Waals surface area contributed by atoms with Gasteiger partial charge in [-0.05, 0) is 50.8 Å². The smallest absolute Gasteiger partial charge is 0.314 e. The fourth-order valence-corrected chi connectivity index (χ4v) is 5.85. The number of carbonyl (C=O) groups is 1. The maximum absolute atomic E-state index is 13.1. The quantitative estimate of drug-likeness (QED) is 0.544. The fraction of sp³-hybridized carbons (Fsp3) is 0.538. The zero-order valence-electron chi connectivity index (χ0n) is 21.3. The molecule has 2 fully saturated rings. The maximum Gasteiger partial charge on any atom is 0.314 e. The number of carbonyl (C=O) groups excluding carboxylic acids is 1. The van der Waals surface area contributed by atoms with E-state index in [1.807, 2.05) is 13.0 Å². The zero-order chi connectivity index (χ0) is 25.4. The molecule has 10 nitrogen and oxygen atoms in total. The van der Waals surface area contributed by atoms with Crippen LogP contribution in [0.15, 0.2) is 23.0 Å². The molecule has 0 radical (unpaired) electrons. The van der Waals surface area contributed by atoms with Crippen molar-refractivity contribution in [3.05, 3.63) is 34.2 Å². The first-order valence-corrected chi connectivity index (χ1v) is 12.9. The van der Waals surface area contributed by atoms with Gasteiger partial charge in [-0.25, -0.2) is 9.78 Å². The van der Waals surface area contributed by atoms with Crippen LogP contribution in [0.4, 0.5) is 10.5 Å². The Kier molecular flexibility index (Phi) is 6.36. The molecule has 1 aromatic carbocycles. The van der Waals surface area contributed by atoms with Crippen molar-refractivity contribution in [1.82, 2.24) is 24.6 Å². The molecule has 10 heteroatoms.